The van der Waals surface area contributed by atoms with E-state index >= 15 is 0 Å². The SMILES string of the molecule is COc1cc(NC(=O)C=Cc2n[nH]c3ccccc23)ccc1OCCN1CCOCC1. The summed E-state index contributed by atoms with van der Waals surface area (Å²) in [6.45, 7) is 4.77. The average molecular weight is 422 g/mol. The molecule has 2 heterocycles. The van der Waals surface area contributed by atoms with E-state index in [0.29, 0.717) is 29.5 Å². The van der Waals surface area contributed by atoms with E-state index in [-0.39, 0.29) is 5.91 Å². The van der Waals surface area contributed by atoms with E-state index in [1.54, 1.807) is 31.4 Å². The number of morpholine rings is 1. The van der Waals surface area contributed by atoms with Crippen molar-refractivity contribution in [2.24, 2.45) is 0 Å². The monoisotopic (exact) mass is 422 g/mol. The molecule has 1 fully saturated rings. The molecule has 8 nitrogen and oxygen atoms in total. The van der Waals surface area contributed by atoms with Crippen molar-refractivity contribution >= 4 is 28.6 Å². The fourth-order valence-electron chi connectivity index (χ4n) is 3.42. The Kier molecular flexibility index (Phi) is 6.81. The maximum absolute atomic E-state index is 12.4. The molecule has 2 N–H and O–H groups in total. The molecule has 1 aliphatic heterocycles. The van der Waals surface area contributed by atoms with Crippen molar-refractivity contribution in [3.63, 3.8) is 0 Å². The van der Waals surface area contributed by atoms with E-state index < -0.39 is 0 Å². The van der Waals surface area contributed by atoms with E-state index in [4.69, 9.17) is 14.2 Å². The largest absolute Gasteiger partial charge is 0.493 e. The van der Waals surface area contributed by atoms with Crippen LogP contribution >= 0.6 is 0 Å². The summed E-state index contributed by atoms with van der Waals surface area (Å²) in [5, 5.41) is 11.0. The number of ether oxygens (including phenoxy) is 3. The van der Waals surface area contributed by atoms with E-state index in [9.17, 15) is 4.79 Å². The molecule has 8 heteroatoms. The summed E-state index contributed by atoms with van der Waals surface area (Å²) in [6, 6.07) is 13.1. The number of nitrogens with zero attached hydrogens (tertiary/aromatic N) is 2. The number of carbonyl (C=O) groups excluding carboxylic acids is 1. The maximum Gasteiger partial charge on any atom is 0.248 e. The molecule has 0 atom stereocenters. The first-order valence-electron chi connectivity index (χ1n) is 10.3. The fraction of sp³-hybridized carbons (Fsp3) is 0.304. The van der Waals surface area contributed by atoms with Crippen LogP contribution in [0.1, 0.15) is 5.69 Å². The van der Waals surface area contributed by atoms with Crippen LogP contribution in [0.3, 0.4) is 0 Å². The van der Waals surface area contributed by atoms with Gasteiger partial charge in [0, 0.05) is 42.9 Å². The number of benzene rings is 2. The number of nitrogens with one attached hydrogen (secondary N) is 2. The molecule has 0 radical (unpaired) electrons. The predicted octanol–water partition coefficient (Wildman–Crippen LogP) is 2.93. The van der Waals surface area contributed by atoms with Crippen molar-refractivity contribution in [1.82, 2.24) is 15.1 Å². The van der Waals surface area contributed by atoms with Crippen molar-refractivity contribution in [3.05, 3.63) is 54.2 Å². The zero-order valence-corrected chi connectivity index (χ0v) is 17.5. The molecule has 2 aromatic carbocycles. The quantitative estimate of drug-likeness (QED) is 0.543. The van der Waals surface area contributed by atoms with Gasteiger partial charge in [-0.2, -0.15) is 5.10 Å². The zero-order valence-electron chi connectivity index (χ0n) is 17.5. The number of methoxy groups -OCH3 is 1. The molecule has 0 aliphatic carbocycles. The highest BCUT2D eigenvalue weighted by Gasteiger charge is 2.12. The van der Waals surface area contributed by atoms with Gasteiger partial charge in [-0.1, -0.05) is 18.2 Å². The lowest BCUT2D eigenvalue weighted by molar-refractivity contribution is -0.111. The van der Waals surface area contributed by atoms with Gasteiger partial charge >= 0.3 is 0 Å². The third kappa shape index (κ3) is 5.42. The van der Waals surface area contributed by atoms with E-state index in [1.165, 1.54) is 6.08 Å². The lowest BCUT2D eigenvalue weighted by Gasteiger charge is -2.26. The second-order valence-corrected chi connectivity index (χ2v) is 7.15. The van der Waals surface area contributed by atoms with Gasteiger partial charge < -0.3 is 19.5 Å². The lowest BCUT2D eigenvalue weighted by atomic mass is 10.2. The van der Waals surface area contributed by atoms with Gasteiger partial charge in [0.15, 0.2) is 11.5 Å². The van der Waals surface area contributed by atoms with Gasteiger partial charge in [0.05, 0.1) is 31.5 Å². The van der Waals surface area contributed by atoms with Crippen molar-refractivity contribution in [1.29, 1.82) is 0 Å². The summed E-state index contributed by atoms with van der Waals surface area (Å²) in [7, 11) is 1.58. The Morgan fingerprint density at radius 1 is 1.23 bits per heavy atom. The summed E-state index contributed by atoms with van der Waals surface area (Å²) in [5.41, 5.74) is 2.27. The topological polar surface area (TPSA) is 88.7 Å². The molecule has 0 spiro atoms. The minimum Gasteiger partial charge on any atom is -0.493 e. The second kappa shape index (κ2) is 10.1. The molecule has 0 bridgehead atoms. The molecule has 1 aromatic heterocycles. The molecule has 1 aliphatic rings. The highest BCUT2D eigenvalue weighted by atomic mass is 16.5. The fourth-order valence-corrected chi connectivity index (χ4v) is 3.42. The number of anilines is 1. The number of para-hydroxylation sites is 1. The van der Waals surface area contributed by atoms with E-state index in [1.807, 2.05) is 24.3 Å². The summed E-state index contributed by atoms with van der Waals surface area (Å²) in [4.78, 5) is 14.7. The highest BCUT2D eigenvalue weighted by molar-refractivity contribution is 6.03. The summed E-state index contributed by atoms with van der Waals surface area (Å²) < 4.78 is 16.7. The average Bonchev–Trinajstić information content (AvgIpc) is 3.22. The first kappa shape index (κ1) is 20.9. The van der Waals surface area contributed by atoms with Crippen molar-refractivity contribution in [3.8, 4) is 11.5 Å². The van der Waals surface area contributed by atoms with Crippen LogP contribution in [-0.4, -0.2) is 67.6 Å². The number of H-pyrrole nitrogens is 1. The predicted molar refractivity (Wildman–Crippen MR) is 120 cm³/mol. The minimum atomic E-state index is -0.255. The Morgan fingerprint density at radius 3 is 2.90 bits per heavy atom. The lowest BCUT2D eigenvalue weighted by Crippen LogP contribution is -2.38. The van der Waals surface area contributed by atoms with Gasteiger partial charge in [0.2, 0.25) is 5.91 Å². The van der Waals surface area contributed by atoms with Crippen molar-refractivity contribution < 1.29 is 19.0 Å². The summed E-state index contributed by atoms with van der Waals surface area (Å²) in [6.07, 6.45) is 3.15. The summed E-state index contributed by atoms with van der Waals surface area (Å²) >= 11 is 0. The maximum atomic E-state index is 12.4. The normalized spacial score (nSPS) is 14.7. The number of aromatic amines is 1. The van der Waals surface area contributed by atoms with Crippen molar-refractivity contribution in [2.45, 2.75) is 0 Å². The molecule has 3 aromatic rings. The first-order chi connectivity index (χ1) is 15.2. The smallest absolute Gasteiger partial charge is 0.248 e. The Morgan fingerprint density at radius 2 is 2.06 bits per heavy atom. The molecular formula is C23H26N4O4. The van der Waals surface area contributed by atoms with Crippen LogP contribution in [0, 0.1) is 0 Å². The Bertz CT molecular complexity index is 1060. The second-order valence-electron chi connectivity index (χ2n) is 7.15. The standard InChI is InChI=1S/C23H26N4O4/c1-29-22-16-17(6-8-21(22)31-15-12-27-10-13-30-14-11-27)24-23(28)9-7-20-18-4-2-3-5-19(18)25-26-20/h2-9,16H,10-15H2,1H3,(H,24,28)(H,25,26). The van der Waals surface area contributed by atoms with Gasteiger partial charge in [-0.25, -0.2) is 0 Å². The molecule has 0 unspecified atom stereocenters. The van der Waals surface area contributed by atoms with E-state index in [0.717, 1.165) is 43.8 Å². The zero-order chi connectivity index (χ0) is 21.5. The van der Waals surface area contributed by atoms with E-state index in [2.05, 4.69) is 20.4 Å². The molecule has 0 saturated carbocycles. The molecule has 1 amide bonds. The third-order valence-electron chi connectivity index (χ3n) is 5.09. The highest BCUT2D eigenvalue weighted by Crippen LogP contribution is 2.30. The van der Waals surface area contributed by atoms with Crippen LogP contribution in [0.25, 0.3) is 17.0 Å². The number of hydrogen-bond acceptors (Lipinski definition) is 6. The van der Waals surface area contributed by atoms with Gasteiger partial charge in [-0.05, 0) is 24.3 Å². The van der Waals surface area contributed by atoms with Crippen LogP contribution < -0.4 is 14.8 Å². The number of carbonyl (C=O) groups is 1. The van der Waals surface area contributed by atoms with Crippen molar-refractivity contribution in [2.75, 3.05) is 51.9 Å². The van der Waals surface area contributed by atoms with Crippen LogP contribution in [-0.2, 0) is 9.53 Å². The Labute approximate surface area is 180 Å². The number of amides is 1. The number of hydrogen-bond donors (Lipinski definition) is 2. The van der Waals surface area contributed by atoms with Gasteiger partial charge in [-0.3, -0.25) is 14.8 Å². The number of rotatable bonds is 8. The van der Waals surface area contributed by atoms with Crippen LogP contribution in [0.5, 0.6) is 11.5 Å². The van der Waals surface area contributed by atoms with Crippen LogP contribution in [0.15, 0.2) is 48.5 Å². The van der Waals surface area contributed by atoms with Gasteiger partial charge in [-0.15, -0.1) is 0 Å². The first-order valence-corrected chi connectivity index (χ1v) is 10.3. The van der Waals surface area contributed by atoms with Crippen LogP contribution in [0.2, 0.25) is 0 Å². The van der Waals surface area contributed by atoms with Gasteiger partial charge in [0.25, 0.3) is 0 Å². The minimum absolute atomic E-state index is 0.255. The van der Waals surface area contributed by atoms with Gasteiger partial charge in [0.1, 0.15) is 6.61 Å². The summed E-state index contributed by atoms with van der Waals surface area (Å²) in [5.74, 6) is 0.962. The molecule has 4 rings (SSSR count). The molecular weight excluding hydrogens is 396 g/mol. The molecule has 1 saturated heterocycles. The molecule has 31 heavy (non-hydrogen) atoms. The number of fused-ring (bicyclic) bond motifs is 1. The molecule has 162 valence electrons. The Balaban J connectivity index is 1.34. The Hall–Kier alpha value is -3.36. The third-order valence-corrected chi connectivity index (χ3v) is 5.09. The van der Waals surface area contributed by atoms with Crippen LogP contribution in [0.4, 0.5) is 5.69 Å². The number of aromatic nitrogens is 2.